The summed E-state index contributed by atoms with van der Waals surface area (Å²) in [6.07, 6.45) is 1.55. The molecule has 3 rings (SSSR count). The number of rotatable bonds is 2. The maximum Gasteiger partial charge on any atom is 0.222 e. The molecule has 0 atom stereocenters. The van der Waals surface area contributed by atoms with E-state index in [9.17, 15) is 4.39 Å². The van der Waals surface area contributed by atoms with E-state index in [0.717, 1.165) is 11.1 Å². The average molecular weight is 305 g/mol. The first-order valence-electron chi connectivity index (χ1n) is 6.62. The predicted octanol–water partition coefficient (Wildman–Crippen LogP) is 3.95. The van der Waals surface area contributed by atoms with E-state index in [0.29, 0.717) is 16.8 Å². The third kappa shape index (κ3) is 2.38. The van der Waals surface area contributed by atoms with Gasteiger partial charge in [-0.3, -0.25) is 4.68 Å². The molecule has 0 radical (unpaired) electrons. The first-order chi connectivity index (χ1) is 9.97. The van der Waals surface area contributed by atoms with Crippen molar-refractivity contribution in [3.05, 3.63) is 41.2 Å². The number of aryl methyl sites for hydroxylation is 1. The standard InChI is InChI=1S/C15H14ClFN4/c1-8(2)14-10-6-9(12-4-5-18-15(16)19-12)7-11(17)13(10)20-21(14)3/h4-8H,1-3H3. The Balaban J connectivity index is 2.29. The quantitative estimate of drug-likeness (QED) is 0.673. The lowest BCUT2D eigenvalue weighted by molar-refractivity contribution is 0.629. The monoisotopic (exact) mass is 304 g/mol. The first-order valence-corrected chi connectivity index (χ1v) is 7.00. The smallest absolute Gasteiger partial charge is 0.222 e. The molecule has 0 spiro atoms. The van der Waals surface area contributed by atoms with Crippen LogP contribution in [0, 0.1) is 5.82 Å². The van der Waals surface area contributed by atoms with Gasteiger partial charge in [-0.2, -0.15) is 5.10 Å². The van der Waals surface area contributed by atoms with Gasteiger partial charge in [0.2, 0.25) is 5.28 Å². The Morgan fingerprint density at radius 2 is 2.05 bits per heavy atom. The number of aromatic nitrogens is 4. The molecule has 0 unspecified atom stereocenters. The second-order valence-corrected chi connectivity index (χ2v) is 5.57. The second-order valence-electron chi connectivity index (χ2n) is 5.23. The van der Waals surface area contributed by atoms with Crippen molar-refractivity contribution in [3.63, 3.8) is 0 Å². The highest BCUT2D eigenvalue weighted by Gasteiger charge is 2.17. The van der Waals surface area contributed by atoms with E-state index in [4.69, 9.17) is 11.6 Å². The lowest BCUT2D eigenvalue weighted by Crippen LogP contribution is -1.99. The number of hydrogen-bond acceptors (Lipinski definition) is 3. The van der Waals surface area contributed by atoms with Crippen LogP contribution in [0.2, 0.25) is 5.28 Å². The van der Waals surface area contributed by atoms with Crippen LogP contribution in [-0.2, 0) is 7.05 Å². The molecule has 0 aliphatic rings. The van der Waals surface area contributed by atoms with Gasteiger partial charge in [0.15, 0.2) is 5.82 Å². The largest absolute Gasteiger partial charge is 0.271 e. The van der Waals surface area contributed by atoms with E-state index in [-0.39, 0.29) is 17.0 Å². The van der Waals surface area contributed by atoms with Gasteiger partial charge < -0.3 is 0 Å². The topological polar surface area (TPSA) is 43.6 Å². The molecule has 2 aromatic heterocycles. The Morgan fingerprint density at radius 1 is 1.29 bits per heavy atom. The molecule has 4 nitrogen and oxygen atoms in total. The van der Waals surface area contributed by atoms with E-state index < -0.39 is 0 Å². The number of hydrogen-bond donors (Lipinski definition) is 0. The molecule has 3 aromatic rings. The van der Waals surface area contributed by atoms with Crippen LogP contribution in [-0.4, -0.2) is 19.7 Å². The SMILES string of the molecule is CC(C)c1c2cc(-c3ccnc(Cl)n3)cc(F)c2nn1C. The van der Waals surface area contributed by atoms with Gasteiger partial charge in [-0.15, -0.1) is 0 Å². The minimum Gasteiger partial charge on any atom is -0.271 e. The minimum atomic E-state index is -0.361. The summed E-state index contributed by atoms with van der Waals surface area (Å²) in [6, 6.07) is 5.04. The van der Waals surface area contributed by atoms with Crippen LogP contribution in [0.25, 0.3) is 22.2 Å². The molecule has 0 saturated heterocycles. The molecule has 0 amide bonds. The third-order valence-electron chi connectivity index (χ3n) is 3.41. The van der Waals surface area contributed by atoms with E-state index in [1.54, 1.807) is 16.9 Å². The molecule has 6 heteroatoms. The van der Waals surface area contributed by atoms with Gasteiger partial charge in [0.25, 0.3) is 0 Å². The van der Waals surface area contributed by atoms with Gasteiger partial charge in [-0.25, -0.2) is 14.4 Å². The highest BCUT2D eigenvalue weighted by atomic mass is 35.5. The fraction of sp³-hybridized carbons (Fsp3) is 0.267. The number of nitrogens with zero attached hydrogens (tertiary/aromatic N) is 4. The Morgan fingerprint density at radius 3 is 2.71 bits per heavy atom. The van der Waals surface area contributed by atoms with Crippen molar-refractivity contribution in [1.29, 1.82) is 0 Å². The van der Waals surface area contributed by atoms with Crippen molar-refractivity contribution < 1.29 is 4.39 Å². The van der Waals surface area contributed by atoms with Crippen molar-refractivity contribution in [1.82, 2.24) is 19.7 Å². The highest BCUT2D eigenvalue weighted by molar-refractivity contribution is 6.28. The Labute approximate surface area is 126 Å². The van der Waals surface area contributed by atoms with Crippen LogP contribution in [0.5, 0.6) is 0 Å². The summed E-state index contributed by atoms with van der Waals surface area (Å²) < 4.78 is 16.1. The summed E-state index contributed by atoms with van der Waals surface area (Å²) in [4.78, 5) is 7.98. The zero-order valence-electron chi connectivity index (χ0n) is 11.9. The lowest BCUT2D eigenvalue weighted by Gasteiger charge is -2.07. The van der Waals surface area contributed by atoms with Crippen LogP contribution < -0.4 is 0 Å². The Bertz CT molecular complexity index is 826. The molecular weight excluding hydrogens is 291 g/mol. The second kappa shape index (κ2) is 5.07. The van der Waals surface area contributed by atoms with E-state index >= 15 is 0 Å². The zero-order valence-corrected chi connectivity index (χ0v) is 12.7. The van der Waals surface area contributed by atoms with Gasteiger partial charge >= 0.3 is 0 Å². The predicted molar refractivity (Wildman–Crippen MR) is 80.8 cm³/mol. The molecule has 0 saturated carbocycles. The van der Waals surface area contributed by atoms with Gasteiger partial charge in [0.05, 0.1) is 5.69 Å². The minimum absolute atomic E-state index is 0.142. The van der Waals surface area contributed by atoms with E-state index in [2.05, 4.69) is 28.9 Å². The summed E-state index contributed by atoms with van der Waals surface area (Å²) in [5.41, 5.74) is 2.63. The van der Waals surface area contributed by atoms with Crippen molar-refractivity contribution in [2.24, 2.45) is 7.05 Å². The Kier molecular flexibility index (Phi) is 3.37. The normalized spacial score (nSPS) is 11.5. The van der Waals surface area contributed by atoms with Gasteiger partial charge in [-0.1, -0.05) is 13.8 Å². The number of benzene rings is 1. The van der Waals surface area contributed by atoms with Crippen LogP contribution in [0.4, 0.5) is 4.39 Å². The molecule has 2 heterocycles. The first kappa shape index (κ1) is 13.9. The number of fused-ring (bicyclic) bond motifs is 1. The molecule has 1 aromatic carbocycles. The summed E-state index contributed by atoms with van der Waals surface area (Å²) in [7, 11) is 1.83. The molecule has 108 valence electrons. The molecule has 0 aliphatic heterocycles. The van der Waals surface area contributed by atoms with Gasteiger partial charge in [0, 0.05) is 29.9 Å². The summed E-state index contributed by atoms with van der Waals surface area (Å²) in [5, 5.41) is 5.21. The molecule has 21 heavy (non-hydrogen) atoms. The maximum absolute atomic E-state index is 14.3. The van der Waals surface area contributed by atoms with Crippen LogP contribution in [0.15, 0.2) is 24.4 Å². The van der Waals surface area contributed by atoms with Crippen molar-refractivity contribution in [2.75, 3.05) is 0 Å². The van der Waals surface area contributed by atoms with Gasteiger partial charge in [-0.05, 0) is 35.7 Å². The van der Waals surface area contributed by atoms with Crippen LogP contribution in [0.1, 0.15) is 25.5 Å². The molecular formula is C15H14ClFN4. The summed E-state index contributed by atoms with van der Waals surface area (Å²) in [6.45, 7) is 4.12. The lowest BCUT2D eigenvalue weighted by atomic mass is 10.0. The molecule has 0 bridgehead atoms. The van der Waals surface area contributed by atoms with Crippen LogP contribution >= 0.6 is 11.6 Å². The van der Waals surface area contributed by atoms with E-state index in [1.165, 1.54) is 6.07 Å². The van der Waals surface area contributed by atoms with E-state index in [1.807, 2.05) is 13.1 Å². The number of halogens is 2. The maximum atomic E-state index is 14.3. The molecule has 0 aliphatic carbocycles. The van der Waals surface area contributed by atoms with Crippen molar-refractivity contribution in [3.8, 4) is 11.3 Å². The summed E-state index contributed by atoms with van der Waals surface area (Å²) in [5.74, 6) is -0.122. The fourth-order valence-corrected chi connectivity index (χ4v) is 2.75. The average Bonchev–Trinajstić information content (AvgIpc) is 2.75. The third-order valence-corrected chi connectivity index (χ3v) is 3.59. The molecule has 0 fully saturated rings. The fourth-order valence-electron chi connectivity index (χ4n) is 2.60. The zero-order chi connectivity index (χ0) is 15.1. The van der Waals surface area contributed by atoms with Crippen LogP contribution in [0.3, 0.4) is 0 Å². The van der Waals surface area contributed by atoms with Crippen molar-refractivity contribution in [2.45, 2.75) is 19.8 Å². The summed E-state index contributed by atoms with van der Waals surface area (Å²) >= 11 is 5.81. The van der Waals surface area contributed by atoms with Crippen molar-refractivity contribution >= 4 is 22.5 Å². The Hall–Kier alpha value is -2.01. The highest BCUT2D eigenvalue weighted by Crippen LogP contribution is 2.31. The molecule has 0 N–H and O–H groups in total. The van der Waals surface area contributed by atoms with Gasteiger partial charge in [0.1, 0.15) is 5.52 Å².